The number of alkyl halides is 3. The fourth-order valence-electron chi connectivity index (χ4n) is 2.03. The van der Waals surface area contributed by atoms with Crippen LogP contribution in [0.3, 0.4) is 0 Å². The Balaban J connectivity index is 2.27. The Morgan fingerprint density at radius 3 is 2.47 bits per heavy atom. The molecule has 1 atom stereocenters. The lowest BCUT2D eigenvalue weighted by molar-refractivity contribution is -0.119. The number of benzene rings is 1. The second-order valence-electron chi connectivity index (χ2n) is 4.97. The zero-order valence-electron chi connectivity index (χ0n) is 10.5. The molecule has 0 aliphatic heterocycles. The van der Waals surface area contributed by atoms with E-state index in [0.717, 1.165) is 18.4 Å². The minimum absolute atomic E-state index is 0.0553. The summed E-state index contributed by atoms with van der Waals surface area (Å²) in [6.45, 7) is 0.842. The van der Waals surface area contributed by atoms with Gasteiger partial charge in [-0.15, -0.1) is 0 Å². The van der Waals surface area contributed by atoms with Crippen molar-refractivity contribution in [2.24, 2.45) is 5.73 Å². The molecule has 1 aliphatic carbocycles. The molecule has 1 aromatic rings. The van der Waals surface area contributed by atoms with E-state index in [-0.39, 0.29) is 12.1 Å². The highest BCUT2D eigenvalue weighted by molar-refractivity contribution is 6.33. The van der Waals surface area contributed by atoms with Crippen LogP contribution in [0.1, 0.15) is 31.4 Å². The van der Waals surface area contributed by atoms with Crippen LogP contribution in [0.2, 0.25) is 5.02 Å². The summed E-state index contributed by atoms with van der Waals surface area (Å²) in [5.41, 5.74) is 6.98. The van der Waals surface area contributed by atoms with Gasteiger partial charge in [-0.1, -0.05) is 17.7 Å². The number of anilines is 1. The first-order valence-electron chi connectivity index (χ1n) is 6.16. The van der Waals surface area contributed by atoms with Crippen LogP contribution < -0.4 is 10.6 Å². The topological polar surface area (TPSA) is 29.3 Å². The van der Waals surface area contributed by atoms with E-state index in [2.05, 4.69) is 0 Å². The molecule has 0 radical (unpaired) electrons. The highest BCUT2D eigenvalue weighted by atomic mass is 35.5. The van der Waals surface area contributed by atoms with Gasteiger partial charge in [0.15, 0.2) is 0 Å². The van der Waals surface area contributed by atoms with E-state index in [9.17, 15) is 13.2 Å². The summed E-state index contributed by atoms with van der Waals surface area (Å²) in [6, 6.07) is 4.76. The Labute approximate surface area is 115 Å². The molecule has 19 heavy (non-hydrogen) atoms. The first kappa shape index (κ1) is 14.5. The zero-order chi connectivity index (χ0) is 14.2. The van der Waals surface area contributed by atoms with Crippen LogP contribution in [-0.2, 0) is 0 Å². The Morgan fingerprint density at radius 1 is 1.42 bits per heavy atom. The summed E-state index contributed by atoms with van der Waals surface area (Å²) in [4.78, 5) is 1.34. The molecule has 0 bridgehead atoms. The molecule has 1 aromatic carbocycles. The molecule has 0 aromatic heterocycles. The molecule has 0 spiro atoms. The number of rotatable bonds is 4. The fraction of sp³-hybridized carbons (Fsp3) is 0.538. The maximum absolute atomic E-state index is 12.6. The normalized spacial score (nSPS) is 17.4. The van der Waals surface area contributed by atoms with Gasteiger partial charge < -0.3 is 10.6 Å². The van der Waals surface area contributed by atoms with E-state index in [1.54, 1.807) is 25.1 Å². The second kappa shape index (κ2) is 5.21. The van der Waals surface area contributed by atoms with Crippen LogP contribution in [0.25, 0.3) is 0 Å². The van der Waals surface area contributed by atoms with E-state index in [0.29, 0.717) is 10.7 Å². The van der Waals surface area contributed by atoms with Crippen LogP contribution in [0, 0.1) is 0 Å². The van der Waals surface area contributed by atoms with E-state index < -0.39 is 12.7 Å². The third-order valence-electron chi connectivity index (χ3n) is 3.14. The van der Waals surface area contributed by atoms with Gasteiger partial charge in [0.05, 0.1) is 10.7 Å². The molecule has 0 amide bonds. The van der Waals surface area contributed by atoms with Gasteiger partial charge in [0.25, 0.3) is 0 Å². The van der Waals surface area contributed by atoms with Crippen molar-refractivity contribution in [2.45, 2.75) is 38.0 Å². The van der Waals surface area contributed by atoms with E-state index in [1.807, 2.05) is 0 Å². The lowest BCUT2D eigenvalue weighted by Crippen LogP contribution is -2.36. The number of hydrogen-bond donors (Lipinski definition) is 1. The van der Waals surface area contributed by atoms with Crippen molar-refractivity contribution in [3.63, 3.8) is 0 Å². The molecule has 2 N–H and O–H groups in total. The Bertz CT molecular complexity index is 456. The summed E-state index contributed by atoms with van der Waals surface area (Å²) in [7, 11) is 0. The maximum atomic E-state index is 12.6. The van der Waals surface area contributed by atoms with Crippen molar-refractivity contribution in [2.75, 3.05) is 11.4 Å². The first-order valence-corrected chi connectivity index (χ1v) is 6.54. The maximum Gasteiger partial charge on any atom is 0.405 e. The van der Waals surface area contributed by atoms with Crippen molar-refractivity contribution >= 4 is 17.3 Å². The van der Waals surface area contributed by atoms with E-state index >= 15 is 0 Å². The predicted molar refractivity (Wildman–Crippen MR) is 70.5 cm³/mol. The molecule has 1 aliphatic rings. The monoisotopic (exact) mass is 292 g/mol. The summed E-state index contributed by atoms with van der Waals surface area (Å²) >= 11 is 6.10. The van der Waals surface area contributed by atoms with Crippen LogP contribution in [0.5, 0.6) is 0 Å². The number of hydrogen-bond acceptors (Lipinski definition) is 2. The average Bonchev–Trinajstić information content (AvgIpc) is 3.08. The third-order valence-corrected chi connectivity index (χ3v) is 3.45. The standard InChI is InChI=1S/C13H16ClF3N2/c1-8(18)9-2-5-12(11(14)6-9)19(10-3-4-10)7-13(15,16)17/h2,5-6,8,10H,3-4,7,18H2,1H3/t8-/m0/s1. The lowest BCUT2D eigenvalue weighted by Gasteiger charge is -2.27. The van der Waals surface area contributed by atoms with Gasteiger partial charge in [0, 0.05) is 12.1 Å². The Morgan fingerprint density at radius 2 is 2.05 bits per heavy atom. The Hall–Kier alpha value is -0.940. The van der Waals surface area contributed by atoms with Crippen LogP contribution in [0.4, 0.5) is 18.9 Å². The van der Waals surface area contributed by atoms with Crippen molar-refractivity contribution in [3.8, 4) is 0 Å². The molecule has 1 fully saturated rings. The molecule has 2 nitrogen and oxygen atoms in total. The molecular formula is C13H16ClF3N2. The average molecular weight is 293 g/mol. The summed E-state index contributed by atoms with van der Waals surface area (Å²) in [5.74, 6) is 0. The highest BCUT2D eigenvalue weighted by Crippen LogP contribution is 2.38. The van der Waals surface area contributed by atoms with Crippen LogP contribution in [-0.4, -0.2) is 18.8 Å². The molecule has 6 heteroatoms. The molecule has 1 saturated carbocycles. The first-order chi connectivity index (χ1) is 8.78. The summed E-state index contributed by atoms with van der Waals surface area (Å²) < 4.78 is 37.8. The van der Waals surface area contributed by atoms with Gasteiger partial charge >= 0.3 is 6.18 Å². The van der Waals surface area contributed by atoms with Crippen LogP contribution in [0.15, 0.2) is 18.2 Å². The molecule has 106 valence electrons. The number of nitrogens with two attached hydrogens (primary N) is 1. The van der Waals surface area contributed by atoms with Crippen molar-refractivity contribution in [3.05, 3.63) is 28.8 Å². The van der Waals surface area contributed by atoms with Gasteiger partial charge in [0.2, 0.25) is 0 Å². The van der Waals surface area contributed by atoms with Gasteiger partial charge in [-0.25, -0.2) is 0 Å². The van der Waals surface area contributed by atoms with E-state index in [4.69, 9.17) is 17.3 Å². The lowest BCUT2D eigenvalue weighted by atomic mass is 10.1. The summed E-state index contributed by atoms with van der Waals surface area (Å²) in [6.07, 6.45) is -2.67. The molecule has 0 unspecified atom stereocenters. The second-order valence-corrected chi connectivity index (χ2v) is 5.38. The highest BCUT2D eigenvalue weighted by Gasteiger charge is 2.38. The van der Waals surface area contributed by atoms with Crippen molar-refractivity contribution in [1.29, 1.82) is 0 Å². The van der Waals surface area contributed by atoms with E-state index in [1.165, 1.54) is 4.90 Å². The van der Waals surface area contributed by atoms with Gasteiger partial charge in [-0.05, 0) is 37.5 Å². The SMILES string of the molecule is C[C@H](N)c1ccc(N(CC(F)(F)F)C2CC2)c(Cl)c1. The third kappa shape index (κ3) is 3.76. The largest absolute Gasteiger partial charge is 0.405 e. The molecular weight excluding hydrogens is 277 g/mol. The summed E-state index contributed by atoms with van der Waals surface area (Å²) in [5, 5.41) is 0.325. The molecule has 0 heterocycles. The molecule has 2 rings (SSSR count). The number of halogens is 4. The molecule has 0 saturated heterocycles. The van der Waals surface area contributed by atoms with Crippen molar-refractivity contribution in [1.82, 2.24) is 0 Å². The Kier molecular flexibility index (Phi) is 3.97. The predicted octanol–water partition coefficient (Wildman–Crippen LogP) is 3.89. The minimum Gasteiger partial charge on any atom is -0.358 e. The quantitative estimate of drug-likeness (QED) is 0.912. The van der Waals surface area contributed by atoms with Gasteiger partial charge in [-0.3, -0.25) is 0 Å². The zero-order valence-corrected chi connectivity index (χ0v) is 11.3. The van der Waals surface area contributed by atoms with Crippen LogP contribution >= 0.6 is 11.6 Å². The fourth-order valence-corrected chi connectivity index (χ4v) is 2.33. The van der Waals surface area contributed by atoms with Crippen molar-refractivity contribution < 1.29 is 13.2 Å². The smallest absolute Gasteiger partial charge is 0.358 e. The number of nitrogens with zero attached hydrogens (tertiary/aromatic N) is 1. The van der Waals surface area contributed by atoms with Gasteiger partial charge in [0.1, 0.15) is 6.54 Å². The van der Waals surface area contributed by atoms with Gasteiger partial charge in [-0.2, -0.15) is 13.2 Å². The minimum atomic E-state index is -4.23.